The molecule has 0 aliphatic carbocycles. The fraction of sp³-hybridized carbons (Fsp3) is 0.385. The van der Waals surface area contributed by atoms with Crippen LogP contribution in [-0.4, -0.2) is 26.2 Å². The lowest BCUT2D eigenvalue weighted by Crippen LogP contribution is -2.06. The second-order valence-corrected chi connectivity index (χ2v) is 4.65. The Morgan fingerprint density at radius 2 is 2.30 bits per heavy atom. The van der Waals surface area contributed by atoms with Gasteiger partial charge >= 0.3 is 5.97 Å². The van der Waals surface area contributed by atoms with Crippen molar-refractivity contribution in [3.8, 4) is 5.75 Å². The second kappa shape index (κ2) is 6.14. The molecule has 0 aromatic carbocycles. The molecule has 2 aromatic rings. The molecule has 2 aromatic heterocycles. The summed E-state index contributed by atoms with van der Waals surface area (Å²) in [4.78, 5) is 18.9. The van der Waals surface area contributed by atoms with Crippen molar-refractivity contribution in [1.29, 1.82) is 0 Å². The van der Waals surface area contributed by atoms with Crippen LogP contribution in [-0.2, 0) is 13.0 Å². The molecule has 0 saturated carbocycles. The first-order chi connectivity index (χ1) is 9.56. The minimum absolute atomic E-state index is 0.0353. The van der Waals surface area contributed by atoms with Crippen molar-refractivity contribution in [3.05, 3.63) is 35.7 Å². The Balaban J connectivity index is 2.02. The molecule has 0 saturated heterocycles. The number of rotatable bonds is 6. The van der Waals surface area contributed by atoms with Gasteiger partial charge in [0.05, 0.1) is 0 Å². The van der Waals surface area contributed by atoms with Gasteiger partial charge < -0.3 is 14.4 Å². The zero-order valence-electron chi connectivity index (χ0n) is 11.2. The molecule has 106 valence electrons. The van der Waals surface area contributed by atoms with Crippen LogP contribution >= 0.6 is 0 Å². The monoisotopic (exact) mass is 277 g/mol. The Hall–Kier alpha value is -2.44. The normalized spacial score (nSPS) is 10.8. The van der Waals surface area contributed by atoms with Gasteiger partial charge in [-0.3, -0.25) is 0 Å². The number of carbonyl (C=O) groups is 1. The summed E-state index contributed by atoms with van der Waals surface area (Å²) >= 11 is 0. The molecular formula is C13H15N3O4. The van der Waals surface area contributed by atoms with Crippen molar-refractivity contribution in [2.24, 2.45) is 5.92 Å². The summed E-state index contributed by atoms with van der Waals surface area (Å²) in [6.45, 7) is 4.14. The number of nitrogens with zero attached hydrogens (tertiary/aromatic N) is 3. The molecule has 0 spiro atoms. The molecule has 2 rings (SSSR count). The standard InChI is InChI=1S/C13H15N3O4/c1-8(2)6-11-15-10(16-20-11)7-19-9-4-3-5-14-12(9)13(17)18/h3-5,8H,6-7H2,1-2H3,(H,17,18). The van der Waals surface area contributed by atoms with Gasteiger partial charge in [0.25, 0.3) is 0 Å². The first-order valence-electron chi connectivity index (χ1n) is 6.19. The van der Waals surface area contributed by atoms with Gasteiger partial charge in [0.1, 0.15) is 0 Å². The fourth-order valence-corrected chi connectivity index (χ4v) is 1.59. The van der Waals surface area contributed by atoms with Gasteiger partial charge in [0.2, 0.25) is 11.7 Å². The van der Waals surface area contributed by atoms with Crippen LogP contribution in [0.2, 0.25) is 0 Å². The molecule has 0 amide bonds. The highest BCUT2D eigenvalue weighted by Crippen LogP contribution is 2.16. The van der Waals surface area contributed by atoms with Gasteiger partial charge in [-0.15, -0.1) is 0 Å². The fourth-order valence-electron chi connectivity index (χ4n) is 1.59. The van der Waals surface area contributed by atoms with E-state index >= 15 is 0 Å². The summed E-state index contributed by atoms with van der Waals surface area (Å²) < 4.78 is 10.4. The van der Waals surface area contributed by atoms with E-state index in [1.165, 1.54) is 12.3 Å². The Morgan fingerprint density at radius 3 is 3.00 bits per heavy atom. The third-order valence-corrected chi connectivity index (χ3v) is 2.42. The summed E-state index contributed by atoms with van der Waals surface area (Å²) in [5.74, 6) is 0.370. The largest absolute Gasteiger partial charge is 0.483 e. The molecule has 0 unspecified atom stereocenters. The lowest BCUT2D eigenvalue weighted by molar-refractivity contribution is 0.0684. The summed E-state index contributed by atoms with van der Waals surface area (Å²) in [6, 6.07) is 3.13. The van der Waals surface area contributed by atoms with E-state index in [9.17, 15) is 4.79 Å². The van der Waals surface area contributed by atoms with E-state index in [0.29, 0.717) is 24.1 Å². The van der Waals surface area contributed by atoms with Gasteiger partial charge in [-0.25, -0.2) is 9.78 Å². The van der Waals surface area contributed by atoms with Gasteiger partial charge in [0.15, 0.2) is 18.1 Å². The Kier molecular flexibility index (Phi) is 4.29. The van der Waals surface area contributed by atoms with Crippen LogP contribution in [0.3, 0.4) is 0 Å². The quantitative estimate of drug-likeness (QED) is 0.861. The SMILES string of the molecule is CC(C)Cc1nc(COc2cccnc2C(=O)O)no1. The number of carboxylic acid groups (broad SMARTS) is 1. The van der Waals surface area contributed by atoms with Crippen molar-refractivity contribution in [2.45, 2.75) is 26.9 Å². The topological polar surface area (TPSA) is 98.3 Å². The van der Waals surface area contributed by atoms with Crippen molar-refractivity contribution < 1.29 is 19.2 Å². The van der Waals surface area contributed by atoms with Crippen molar-refractivity contribution in [2.75, 3.05) is 0 Å². The predicted molar refractivity (Wildman–Crippen MR) is 68.4 cm³/mol. The zero-order chi connectivity index (χ0) is 14.5. The predicted octanol–water partition coefficient (Wildman–Crippen LogP) is 1.94. The number of pyridine rings is 1. The minimum Gasteiger partial charge on any atom is -0.483 e. The van der Waals surface area contributed by atoms with Crippen molar-refractivity contribution in [3.63, 3.8) is 0 Å². The van der Waals surface area contributed by atoms with E-state index in [0.717, 1.165) is 0 Å². The summed E-state index contributed by atoms with van der Waals surface area (Å²) in [5, 5.41) is 12.8. The summed E-state index contributed by atoms with van der Waals surface area (Å²) in [5.41, 5.74) is -0.140. The Labute approximate surface area is 115 Å². The number of hydrogen-bond acceptors (Lipinski definition) is 6. The molecule has 7 heteroatoms. The maximum absolute atomic E-state index is 11.0. The second-order valence-electron chi connectivity index (χ2n) is 4.65. The van der Waals surface area contributed by atoms with Crippen LogP contribution in [0.1, 0.15) is 36.1 Å². The zero-order valence-corrected chi connectivity index (χ0v) is 11.2. The first kappa shape index (κ1) is 14.0. The number of hydrogen-bond donors (Lipinski definition) is 1. The third-order valence-electron chi connectivity index (χ3n) is 2.42. The smallest absolute Gasteiger partial charge is 0.358 e. The maximum Gasteiger partial charge on any atom is 0.358 e. The molecule has 0 fully saturated rings. The van der Waals surface area contributed by atoms with Crippen LogP contribution in [0.4, 0.5) is 0 Å². The number of carboxylic acids is 1. The minimum atomic E-state index is -1.14. The van der Waals surface area contributed by atoms with Gasteiger partial charge in [0, 0.05) is 12.6 Å². The van der Waals surface area contributed by atoms with Crippen LogP contribution in [0, 0.1) is 5.92 Å². The van der Waals surface area contributed by atoms with Crippen LogP contribution in [0.25, 0.3) is 0 Å². The third kappa shape index (κ3) is 3.53. The molecule has 20 heavy (non-hydrogen) atoms. The number of aromatic nitrogens is 3. The van der Waals surface area contributed by atoms with Crippen molar-refractivity contribution >= 4 is 5.97 Å². The molecule has 1 N–H and O–H groups in total. The molecule has 0 aliphatic rings. The molecule has 0 radical (unpaired) electrons. The Morgan fingerprint density at radius 1 is 1.50 bits per heavy atom. The van der Waals surface area contributed by atoms with Gasteiger partial charge in [-0.1, -0.05) is 19.0 Å². The van der Waals surface area contributed by atoms with Crippen LogP contribution in [0.5, 0.6) is 5.75 Å². The highest BCUT2D eigenvalue weighted by molar-refractivity contribution is 5.88. The summed E-state index contributed by atoms with van der Waals surface area (Å²) in [7, 11) is 0. The van der Waals surface area contributed by atoms with E-state index < -0.39 is 5.97 Å². The van der Waals surface area contributed by atoms with E-state index in [-0.39, 0.29) is 18.1 Å². The number of aromatic carboxylic acids is 1. The van der Waals surface area contributed by atoms with E-state index in [4.69, 9.17) is 14.4 Å². The lowest BCUT2D eigenvalue weighted by atomic mass is 10.1. The average molecular weight is 277 g/mol. The molecule has 0 aliphatic heterocycles. The highest BCUT2D eigenvalue weighted by Gasteiger charge is 2.14. The van der Waals surface area contributed by atoms with E-state index in [1.807, 2.05) is 0 Å². The first-order valence-corrected chi connectivity index (χ1v) is 6.19. The molecule has 0 bridgehead atoms. The van der Waals surface area contributed by atoms with Crippen LogP contribution in [0.15, 0.2) is 22.9 Å². The summed E-state index contributed by atoms with van der Waals surface area (Å²) in [6.07, 6.45) is 2.09. The van der Waals surface area contributed by atoms with Crippen LogP contribution < -0.4 is 4.74 Å². The molecule has 2 heterocycles. The Bertz CT molecular complexity index is 595. The molecule has 7 nitrogen and oxygen atoms in total. The van der Waals surface area contributed by atoms with Gasteiger partial charge in [-0.05, 0) is 18.1 Å². The number of ether oxygens (including phenoxy) is 1. The average Bonchev–Trinajstić information content (AvgIpc) is 2.83. The van der Waals surface area contributed by atoms with E-state index in [1.54, 1.807) is 6.07 Å². The van der Waals surface area contributed by atoms with E-state index in [2.05, 4.69) is 29.0 Å². The van der Waals surface area contributed by atoms with Gasteiger partial charge in [-0.2, -0.15) is 4.98 Å². The highest BCUT2D eigenvalue weighted by atomic mass is 16.5. The lowest BCUT2D eigenvalue weighted by Gasteiger charge is -2.05. The van der Waals surface area contributed by atoms with Crippen molar-refractivity contribution in [1.82, 2.24) is 15.1 Å². The maximum atomic E-state index is 11.0. The molecule has 0 atom stereocenters. The molecular weight excluding hydrogens is 262 g/mol.